The number of carbonyl (C=O) groups excluding carboxylic acids is 1. The van der Waals surface area contributed by atoms with Crippen LogP contribution < -0.4 is 0 Å². The zero-order chi connectivity index (χ0) is 9.14. The van der Waals surface area contributed by atoms with E-state index in [4.69, 9.17) is 0 Å². The highest BCUT2D eigenvalue weighted by Crippen LogP contribution is 2.17. The lowest BCUT2D eigenvalue weighted by atomic mass is 10.1. The van der Waals surface area contributed by atoms with E-state index in [-0.39, 0.29) is 0 Å². The van der Waals surface area contributed by atoms with Crippen LogP contribution in [0.5, 0.6) is 0 Å². The molecule has 1 saturated heterocycles. The molecule has 3 heteroatoms. The van der Waals surface area contributed by atoms with Crippen molar-refractivity contribution in [3.8, 4) is 0 Å². The third kappa shape index (κ3) is 2.21. The summed E-state index contributed by atoms with van der Waals surface area (Å²) in [7, 11) is 4.11. The van der Waals surface area contributed by atoms with Gasteiger partial charge in [-0.1, -0.05) is 0 Å². The molecule has 1 atom stereocenters. The van der Waals surface area contributed by atoms with Crippen molar-refractivity contribution in [2.24, 2.45) is 5.92 Å². The monoisotopic (exact) mass is 170 g/mol. The number of amides is 1. The molecule has 0 radical (unpaired) electrons. The molecule has 3 nitrogen and oxygen atoms in total. The summed E-state index contributed by atoms with van der Waals surface area (Å²) in [6, 6.07) is 0. The van der Waals surface area contributed by atoms with Gasteiger partial charge in [-0.25, -0.2) is 0 Å². The molecule has 0 aromatic rings. The Morgan fingerprint density at radius 2 is 2.25 bits per heavy atom. The molecule has 0 aromatic carbocycles. The van der Waals surface area contributed by atoms with E-state index in [1.54, 1.807) is 0 Å². The van der Waals surface area contributed by atoms with E-state index in [0.717, 1.165) is 26.1 Å². The Morgan fingerprint density at radius 1 is 1.58 bits per heavy atom. The first-order valence-electron chi connectivity index (χ1n) is 4.56. The molecule has 1 rings (SSSR count). The molecule has 0 aromatic heterocycles. The number of hydrogen-bond donors (Lipinski definition) is 0. The number of nitrogens with zero attached hydrogens (tertiary/aromatic N) is 2. The predicted molar refractivity (Wildman–Crippen MR) is 48.9 cm³/mol. The largest absolute Gasteiger partial charge is 0.343 e. The summed E-state index contributed by atoms with van der Waals surface area (Å²) < 4.78 is 0. The molecule has 1 aliphatic rings. The lowest BCUT2D eigenvalue weighted by molar-refractivity contribution is -0.127. The van der Waals surface area contributed by atoms with E-state index < -0.39 is 0 Å². The molecule has 1 aliphatic heterocycles. The molecular formula is C9H18N2O. The fraction of sp³-hybridized carbons (Fsp3) is 0.889. The zero-order valence-electron chi connectivity index (χ0n) is 8.21. The predicted octanol–water partition coefficient (Wildman–Crippen LogP) is 0.416. The maximum Gasteiger partial charge on any atom is 0.222 e. The standard InChI is InChI=1S/C9H18N2O/c1-4-11-7-8(5-9(11)12)6-10(2)3/h8H,4-7H2,1-3H3. The van der Waals surface area contributed by atoms with Crippen molar-refractivity contribution in [2.45, 2.75) is 13.3 Å². The third-order valence-corrected chi connectivity index (χ3v) is 2.30. The van der Waals surface area contributed by atoms with Crippen LogP contribution in [0, 0.1) is 5.92 Å². The van der Waals surface area contributed by atoms with Crippen LogP contribution in [0.3, 0.4) is 0 Å². The molecule has 70 valence electrons. The SMILES string of the molecule is CCN1CC(CN(C)C)CC1=O. The second kappa shape index (κ2) is 3.90. The van der Waals surface area contributed by atoms with Crippen LogP contribution in [-0.2, 0) is 4.79 Å². The van der Waals surface area contributed by atoms with Crippen LogP contribution >= 0.6 is 0 Å². The summed E-state index contributed by atoms with van der Waals surface area (Å²) in [5.74, 6) is 0.872. The highest BCUT2D eigenvalue weighted by atomic mass is 16.2. The minimum absolute atomic E-state index is 0.323. The minimum atomic E-state index is 0.323. The van der Waals surface area contributed by atoms with Gasteiger partial charge in [0.1, 0.15) is 0 Å². The van der Waals surface area contributed by atoms with Crippen molar-refractivity contribution < 1.29 is 4.79 Å². The second-order valence-corrected chi connectivity index (χ2v) is 3.76. The van der Waals surface area contributed by atoms with Crippen LogP contribution in [0.4, 0.5) is 0 Å². The maximum absolute atomic E-state index is 11.3. The van der Waals surface area contributed by atoms with Crippen molar-refractivity contribution in [3.63, 3.8) is 0 Å². The lowest BCUT2D eigenvalue weighted by Crippen LogP contribution is -2.27. The van der Waals surface area contributed by atoms with Gasteiger partial charge < -0.3 is 9.80 Å². The van der Waals surface area contributed by atoms with Gasteiger partial charge >= 0.3 is 0 Å². The quantitative estimate of drug-likeness (QED) is 0.612. The first kappa shape index (κ1) is 9.52. The number of hydrogen-bond acceptors (Lipinski definition) is 2. The van der Waals surface area contributed by atoms with Gasteiger partial charge in [-0.15, -0.1) is 0 Å². The fourth-order valence-corrected chi connectivity index (χ4v) is 1.80. The Balaban J connectivity index is 2.38. The van der Waals surface area contributed by atoms with Crippen LogP contribution in [0.1, 0.15) is 13.3 Å². The molecule has 1 fully saturated rings. The molecule has 0 aliphatic carbocycles. The van der Waals surface area contributed by atoms with Gasteiger partial charge in [0, 0.05) is 26.1 Å². The van der Waals surface area contributed by atoms with E-state index >= 15 is 0 Å². The average Bonchev–Trinajstić information content (AvgIpc) is 2.29. The summed E-state index contributed by atoms with van der Waals surface area (Å²) in [6.07, 6.45) is 0.742. The first-order valence-corrected chi connectivity index (χ1v) is 4.56. The van der Waals surface area contributed by atoms with Crippen molar-refractivity contribution in [2.75, 3.05) is 33.7 Å². The van der Waals surface area contributed by atoms with E-state index in [0.29, 0.717) is 11.8 Å². The van der Waals surface area contributed by atoms with E-state index in [1.807, 2.05) is 11.8 Å². The normalized spacial score (nSPS) is 24.2. The Hall–Kier alpha value is -0.570. The zero-order valence-corrected chi connectivity index (χ0v) is 8.21. The topological polar surface area (TPSA) is 23.6 Å². The van der Waals surface area contributed by atoms with Crippen LogP contribution in [0.25, 0.3) is 0 Å². The molecule has 0 spiro atoms. The van der Waals surface area contributed by atoms with Crippen LogP contribution in [0.2, 0.25) is 0 Å². The van der Waals surface area contributed by atoms with Gasteiger partial charge in [-0.2, -0.15) is 0 Å². The molecule has 1 unspecified atom stereocenters. The van der Waals surface area contributed by atoms with Crippen LogP contribution in [-0.4, -0.2) is 49.4 Å². The van der Waals surface area contributed by atoms with Gasteiger partial charge in [0.05, 0.1) is 0 Å². The van der Waals surface area contributed by atoms with Gasteiger partial charge in [0.2, 0.25) is 5.91 Å². The van der Waals surface area contributed by atoms with E-state index in [9.17, 15) is 4.79 Å². The molecule has 1 amide bonds. The van der Waals surface area contributed by atoms with E-state index in [1.165, 1.54) is 0 Å². The summed E-state index contributed by atoms with van der Waals surface area (Å²) in [4.78, 5) is 15.4. The van der Waals surface area contributed by atoms with Gasteiger partial charge in [-0.3, -0.25) is 4.79 Å². The fourth-order valence-electron chi connectivity index (χ4n) is 1.80. The van der Waals surface area contributed by atoms with Crippen molar-refractivity contribution in [3.05, 3.63) is 0 Å². The summed E-state index contributed by atoms with van der Waals surface area (Å²) in [6.45, 7) is 4.88. The van der Waals surface area contributed by atoms with Gasteiger partial charge in [-0.05, 0) is 26.9 Å². The third-order valence-electron chi connectivity index (χ3n) is 2.30. The number of carbonyl (C=O) groups is 1. The van der Waals surface area contributed by atoms with Gasteiger partial charge in [0.15, 0.2) is 0 Å². The van der Waals surface area contributed by atoms with E-state index in [2.05, 4.69) is 19.0 Å². The highest BCUT2D eigenvalue weighted by molar-refractivity contribution is 5.78. The van der Waals surface area contributed by atoms with Gasteiger partial charge in [0.25, 0.3) is 0 Å². The maximum atomic E-state index is 11.3. The Kier molecular flexibility index (Phi) is 3.09. The molecule has 0 saturated carbocycles. The van der Waals surface area contributed by atoms with Crippen LogP contribution in [0.15, 0.2) is 0 Å². The average molecular weight is 170 g/mol. The Labute approximate surface area is 74.3 Å². The van der Waals surface area contributed by atoms with Crippen molar-refractivity contribution in [1.82, 2.24) is 9.80 Å². The second-order valence-electron chi connectivity index (χ2n) is 3.76. The molecule has 0 N–H and O–H groups in total. The molecular weight excluding hydrogens is 152 g/mol. The molecule has 12 heavy (non-hydrogen) atoms. The number of rotatable bonds is 3. The van der Waals surface area contributed by atoms with Crippen molar-refractivity contribution >= 4 is 5.91 Å². The minimum Gasteiger partial charge on any atom is -0.343 e. The number of likely N-dealkylation sites (tertiary alicyclic amines) is 1. The first-order chi connectivity index (χ1) is 5.63. The smallest absolute Gasteiger partial charge is 0.222 e. The lowest BCUT2D eigenvalue weighted by Gasteiger charge is -2.16. The summed E-state index contributed by atoms with van der Waals surface area (Å²) in [5.41, 5.74) is 0. The molecule has 0 bridgehead atoms. The molecule has 1 heterocycles. The Morgan fingerprint density at radius 3 is 2.67 bits per heavy atom. The summed E-state index contributed by atoms with van der Waals surface area (Å²) in [5, 5.41) is 0. The Bertz CT molecular complexity index is 168. The van der Waals surface area contributed by atoms with Crippen molar-refractivity contribution in [1.29, 1.82) is 0 Å². The summed E-state index contributed by atoms with van der Waals surface area (Å²) >= 11 is 0. The highest BCUT2D eigenvalue weighted by Gasteiger charge is 2.28.